The molecule has 0 bridgehead atoms. The topological polar surface area (TPSA) is 88.6 Å². The van der Waals surface area contributed by atoms with Crippen LogP contribution >= 0.6 is 0 Å². The standard InChI is InChI=1S/C15H21N3O4S/c1-10-5-3-6-11(16-10)15(19)18-9-12(17-23(2,20)21)14-13(18)7-4-8-22-14/h3,5-6,12-14,17H,4,7-9H2,1-2H3/t12-,13+,14+/m1/s1. The molecule has 0 radical (unpaired) electrons. The van der Waals surface area contributed by atoms with E-state index in [1.54, 1.807) is 17.0 Å². The number of sulfonamides is 1. The zero-order chi connectivity index (χ0) is 16.6. The van der Waals surface area contributed by atoms with Gasteiger partial charge in [0, 0.05) is 18.8 Å². The van der Waals surface area contributed by atoms with Gasteiger partial charge in [0.15, 0.2) is 0 Å². The lowest BCUT2D eigenvalue weighted by Gasteiger charge is -2.32. The highest BCUT2D eigenvalue weighted by Crippen LogP contribution is 2.30. The van der Waals surface area contributed by atoms with Crippen LogP contribution in [0.4, 0.5) is 0 Å². The summed E-state index contributed by atoms with van der Waals surface area (Å²) in [4.78, 5) is 18.8. The van der Waals surface area contributed by atoms with Gasteiger partial charge in [-0.15, -0.1) is 0 Å². The molecule has 0 saturated carbocycles. The molecule has 1 amide bonds. The number of ether oxygens (including phenoxy) is 1. The van der Waals surface area contributed by atoms with Crippen molar-refractivity contribution in [1.29, 1.82) is 0 Å². The van der Waals surface area contributed by atoms with Crippen LogP contribution in [0, 0.1) is 6.92 Å². The molecule has 1 N–H and O–H groups in total. The molecule has 7 nitrogen and oxygen atoms in total. The van der Waals surface area contributed by atoms with Crippen LogP contribution in [0.5, 0.6) is 0 Å². The van der Waals surface area contributed by atoms with Crippen LogP contribution in [0.1, 0.15) is 29.0 Å². The van der Waals surface area contributed by atoms with Gasteiger partial charge in [-0.05, 0) is 31.9 Å². The van der Waals surface area contributed by atoms with E-state index in [4.69, 9.17) is 4.74 Å². The Balaban J connectivity index is 1.85. The summed E-state index contributed by atoms with van der Waals surface area (Å²) in [6, 6.07) is 4.79. The van der Waals surface area contributed by atoms with E-state index in [-0.39, 0.29) is 18.1 Å². The average molecular weight is 339 g/mol. The summed E-state index contributed by atoms with van der Waals surface area (Å²) in [5.74, 6) is -0.174. The van der Waals surface area contributed by atoms with Gasteiger partial charge in [0.25, 0.3) is 5.91 Å². The van der Waals surface area contributed by atoms with E-state index < -0.39 is 16.1 Å². The first-order valence-electron chi connectivity index (χ1n) is 7.69. The SMILES string of the molecule is Cc1cccc(C(=O)N2C[C@@H](NS(C)(=O)=O)[C@@H]3OCCC[C@@H]32)n1. The van der Waals surface area contributed by atoms with Gasteiger partial charge in [0.2, 0.25) is 10.0 Å². The molecule has 2 aliphatic heterocycles. The van der Waals surface area contributed by atoms with Gasteiger partial charge >= 0.3 is 0 Å². The molecular weight excluding hydrogens is 318 g/mol. The number of likely N-dealkylation sites (tertiary alicyclic amines) is 1. The molecule has 0 spiro atoms. The molecule has 2 aliphatic rings. The van der Waals surface area contributed by atoms with Crippen LogP contribution in [-0.2, 0) is 14.8 Å². The maximum Gasteiger partial charge on any atom is 0.272 e. The van der Waals surface area contributed by atoms with Crippen molar-refractivity contribution in [1.82, 2.24) is 14.6 Å². The minimum absolute atomic E-state index is 0.113. The summed E-state index contributed by atoms with van der Waals surface area (Å²) in [7, 11) is -3.36. The van der Waals surface area contributed by atoms with E-state index in [9.17, 15) is 13.2 Å². The van der Waals surface area contributed by atoms with Crippen molar-refractivity contribution in [2.45, 2.75) is 38.0 Å². The number of carbonyl (C=O) groups is 1. The van der Waals surface area contributed by atoms with E-state index in [0.717, 1.165) is 24.8 Å². The van der Waals surface area contributed by atoms with Gasteiger partial charge in [-0.25, -0.2) is 18.1 Å². The molecule has 8 heteroatoms. The van der Waals surface area contributed by atoms with Crippen molar-refractivity contribution >= 4 is 15.9 Å². The van der Waals surface area contributed by atoms with Crippen LogP contribution in [0.15, 0.2) is 18.2 Å². The molecule has 3 atom stereocenters. The van der Waals surface area contributed by atoms with E-state index in [1.165, 1.54) is 0 Å². The Bertz CT molecular complexity index is 706. The van der Waals surface area contributed by atoms with Crippen molar-refractivity contribution in [2.24, 2.45) is 0 Å². The molecule has 3 heterocycles. The number of hydrogen-bond donors (Lipinski definition) is 1. The number of hydrogen-bond acceptors (Lipinski definition) is 5. The third-order valence-corrected chi connectivity index (χ3v) is 4.99. The van der Waals surface area contributed by atoms with E-state index in [0.29, 0.717) is 18.8 Å². The van der Waals surface area contributed by atoms with E-state index in [1.807, 2.05) is 13.0 Å². The number of aromatic nitrogens is 1. The molecular formula is C15H21N3O4S. The second-order valence-corrected chi connectivity index (χ2v) is 7.94. The third-order valence-electron chi connectivity index (χ3n) is 4.26. The second-order valence-electron chi connectivity index (χ2n) is 6.16. The smallest absolute Gasteiger partial charge is 0.272 e. The van der Waals surface area contributed by atoms with Crippen LogP contribution in [0.25, 0.3) is 0 Å². The van der Waals surface area contributed by atoms with Crippen LogP contribution in [0.2, 0.25) is 0 Å². The first-order valence-corrected chi connectivity index (χ1v) is 9.58. The van der Waals surface area contributed by atoms with Gasteiger partial charge in [-0.2, -0.15) is 0 Å². The van der Waals surface area contributed by atoms with Crippen LogP contribution in [-0.4, -0.2) is 61.8 Å². The summed E-state index contributed by atoms with van der Waals surface area (Å²) < 4.78 is 31.5. The number of rotatable bonds is 3. The Hall–Kier alpha value is -1.51. The normalized spacial score (nSPS) is 27.7. The lowest BCUT2D eigenvalue weighted by atomic mass is 10.0. The third kappa shape index (κ3) is 3.54. The molecule has 3 rings (SSSR count). The molecule has 0 unspecified atom stereocenters. The number of nitrogens with one attached hydrogen (secondary N) is 1. The lowest BCUT2D eigenvalue weighted by Crippen LogP contribution is -2.47. The summed E-state index contributed by atoms with van der Waals surface area (Å²) in [6.45, 7) is 2.73. The Morgan fingerprint density at radius 1 is 1.43 bits per heavy atom. The Morgan fingerprint density at radius 2 is 2.22 bits per heavy atom. The number of aryl methyl sites for hydroxylation is 1. The molecule has 2 fully saturated rings. The number of carbonyl (C=O) groups excluding carboxylic acids is 1. The summed E-state index contributed by atoms with van der Waals surface area (Å²) >= 11 is 0. The predicted octanol–water partition coefficient (Wildman–Crippen LogP) is 0.311. The largest absolute Gasteiger partial charge is 0.374 e. The van der Waals surface area contributed by atoms with Crippen molar-refractivity contribution < 1.29 is 17.9 Å². The van der Waals surface area contributed by atoms with Crippen molar-refractivity contribution in [3.05, 3.63) is 29.6 Å². The highest BCUT2D eigenvalue weighted by molar-refractivity contribution is 7.88. The van der Waals surface area contributed by atoms with Gasteiger partial charge in [0.05, 0.1) is 24.4 Å². The number of nitrogens with zero attached hydrogens (tertiary/aromatic N) is 2. The molecule has 2 saturated heterocycles. The van der Waals surface area contributed by atoms with Crippen molar-refractivity contribution in [3.63, 3.8) is 0 Å². The van der Waals surface area contributed by atoms with Gasteiger partial charge in [0.1, 0.15) is 5.69 Å². The average Bonchev–Trinajstić information content (AvgIpc) is 2.84. The number of pyridine rings is 1. The Kier molecular flexibility index (Phi) is 4.39. The number of amides is 1. The fourth-order valence-corrected chi connectivity index (χ4v) is 4.14. The summed E-state index contributed by atoms with van der Waals surface area (Å²) in [5.41, 5.74) is 1.16. The second kappa shape index (κ2) is 6.18. The first kappa shape index (κ1) is 16.4. The molecule has 23 heavy (non-hydrogen) atoms. The van der Waals surface area contributed by atoms with Crippen LogP contribution < -0.4 is 4.72 Å². The highest BCUT2D eigenvalue weighted by Gasteiger charge is 2.47. The summed E-state index contributed by atoms with van der Waals surface area (Å²) in [5, 5.41) is 0. The quantitative estimate of drug-likeness (QED) is 0.856. The minimum atomic E-state index is -3.36. The molecule has 0 aromatic carbocycles. The fraction of sp³-hybridized carbons (Fsp3) is 0.600. The summed E-state index contributed by atoms with van der Waals surface area (Å²) in [6.07, 6.45) is 2.49. The maximum atomic E-state index is 12.8. The minimum Gasteiger partial charge on any atom is -0.374 e. The Labute approximate surface area is 136 Å². The van der Waals surface area contributed by atoms with E-state index in [2.05, 4.69) is 9.71 Å². The maximum absolute atomic E-state index is 12.8. The van der Waals surface area contributed by atoms with Gasteiger partial charge < -0.3 is 9.64 Å². The zero-order valence-electron chi connectivity index (χ0n) is 13.2. The van der Waals surface area contributed by atoms with Gasteiger partial charge in [-0.1, -0.05) is 6.07 Å². The zero-order valence-corrected chi connectivity index (χ0v) is 14.0. The van der Waals surface area contributed by atoms with Gasteiger partial charge in [-0.3, -0.25) is 4.79 Å². The predicted molar refractivity (Wildman–Crippen MR) is 84.5 cm³/mol. The molecule has 0 aliphatic carbocycles. The molecule has 1 aromatic rings. The lowest BCUT2D eigenvalue weighted by molar-refractivity contribution is -0.0157. The molecule has 1 aromatic heterocycles. The van der Waals surface area contributed by atoms with Crippen molar-refractivity contribution in [2.75, 3.05) is 19.4 Å². The van der Waals surface area contributed by atoms with Crippen molar-refractivity contribution in [3.8, 4) is 0 Å². The number of fused-ring (bicyclic) bond motifs is 1. The van der Waals surface area contributed by atoms with E-state index >= 15 is 0 Å². The first-order chi connectivity index (χ1) is 10.8. The fourth-order valence-electron chi connectivity index (χ4n) is 3.38. The molecule has 126 valence electrons. The monoisotopic (exact) mass is 339 g/mol. The Morgan fingerprint density at radius 3 is 2.91 bits per heavy atom. The highest BCUT2D eigenvalue weighted by atomic mass is 32.2. The van der Waals surface area contributed by atoms with Crippen LogP contribution in [0.3, 0.4) is 0 Å².